The minimum atomic E-state index is -0.347. The molecule has 130 valence electrons. The smallest absolute Gasteiger partial charge is 0.321 e. The van der Waals surface area contributed by atoms with E-state index in [1.807, 2.05) is 43.2 Å². The predicted molar refractivity (Wildman–Crippen MR) is 90.8 cm³/mol. The van der Waals surface area contributed by atoms with Gasteiger partial charge in [0.15, 0.2) is 0 Å². The molecule has 0 bridgehead atoms. The molecule has 3 rings (SSSR count). The molecule has 0 spiro atoms. The van der Waals surface area contributed by atoms with Crippen molar-refractivity contribution in [2.75, 3.05) is 26.3 Å². The van der Waals surface area contributed by atoms with E-state index in [0.717, 1.165) is 4.88 Å². The van der Waals surface area contributed by atoms with Crippen LogP contribution in [0.15, 0.2) is 21.9 Å². The predicted octanol–water partition coefficient (Wildman–Crippen LogP) is 3.02. The van der Waals surface area contributed by atoms with Gasteiger partial charge in [-0.05, 0) is 32.2 Å². The van der Waals surface area contributed by atoms with Gasteiger partial charge in [0.2, 0.25) is 5.89 Å². The van der Waals surface area contributed by atoms with E-state index in [9.17, 15) is 4.79 Å². The molecule has 0 aliphatic carbocycles. The van der Waals surface area contributed by atoms with E-state index in [4.69, 9.17) is 9.15 Å². The number of aromatic nitrogens is 2. The minimum absolute atomic E-state index is 0.0170. The summed E-state index contributed by atoms with van der Waals surface area (Å²) in [6.45, 7) is 8.07. The van der Waals surface area contributed by atoms with Crippen molar-refractivity contribution in [3.63, 3.8) is 0 Å². The van der Waals surface area contributed by atoms with Gasteiger partial charge in [-0.3, -0.25) is 0 Å². The summed E-state index contributed by atoms with van der Waals surface area (Å²) in [5.74, 6) is 0.903. The number of amides is 2. The second-order valence-electron chi connectivity index (χ2n) is 5.87. The average Bonchev–Trinajstić information content (AvgIpc) is 3.26. The quantitative estimate of drug-likeness (QED) is 0.847. The summed E-state index contributed by atoms with van der Waals surface area (Å²) in [4.78, 5) is 17.4. The molecule has 3 heterocycles. The molecular formula is C16H22N4O3S. The normalized spacial score (nSPS) is 18.2. The molecule has 1 atom stereocenters. The first-order chi connectivity index (χ1) is 11.6. The highest BCUT2D eigenvalue weighted by molar-refractivity contribution is 7.13. The lowest BCUT2D eigenvalue weighted by Gasteiger charge is -2.38. The van der Waals surface area contributed by atoms with Crippen LogP contribution in [0.25, 0.3) is 10.8 Å². The summed E-state index contributed by atoms with van der Waals surface area (Å²) in [6, 6.07) is 3.64. The van der Waals surface area contributed by atoms with Gasteiger partial charge < -0.3 is 19.0 Å². The van der Waals surface area contributed by atoms with Crippen molar-refractivity contribution in [2.24, 2.45) is 0 Å². The topological polar surface area (TPSA) is 71.7 Å². The van der Waals surface area contributed by atoms with Crippen LogP contribution < -0.4 is 0 Å². The molecule has 1 fully saturated rings. The zero-order valence-electron chi connectivity index (χ0n) is 14.1. The number of thiophene rings is 1. The SMILES string of the molecule is CCN(C(=O)N1CCOCC1c1nnc(-c2cccs2)o1)C(C)C. The van der Waals surface area contributed by atoms with Crippen molar-refractivity contribution >= 4 is 17.4 Å². The van der Waals surface area contributed by atoms with Gasteiger partial charge in [-0.2, -0.15) is 0 Å². The van der Waals surface area contributed by atoms with E-state index in [2.05, 4.69) is 10.2 Å². The number of hydrogen-bond donors (Lipinski definition) is 0. The third-order valence-electron chi connectivity index (χ3n) is 4.04. The Bertz CT molecular complexity index is 671. The lowest BCUT2D eigenvalue weighted by atomic mass is 10.2. The van der Waals surface area contributed by atoms with Gasteiger partial charge in [-0.1, -0.05) is 6.07 Å². The summed E-state index contributed by atoms with van der Waals surface area (Å²) < 4.78 is 11.4. The highest BCUT2D eigenvalue weighted by Gasteiger charge is 2.35. The number of carbonyl (C=O) groups excluding carboxylic acids is 1. The summed E-state index contributed by atoms with van der Waals surface area (Å²) in [7, 11) is 0. The zero-order valence-corrected chi connectivity index (χ0v) is 15.0. The molecule has 7 nitrogen and oxygen atoms in total. The molecule has 2 aromatic rings. The molecule has 1 saturated heterocycles. The molecule has 2 amide bonds. The van der Waals surface area contributed by atoms with Crippen LogP contribution in [-0.4, -0.2) is 58.4 Å². The van der Waals surface area contributed by atoms with Gasteiger partial charge in [0.1, 0.15) is 6.04 Å². The maximum absolute atomic E-state index is 12.9. The molecule has 24 heavy (non-hydrogen) atoms. The highest BCUT2D eigenvalue weighted by Crippen LogP contribution is 2.29. The number of carbonyl (C=O) groups is 1. The molecule has 8 heteroatoms. The summed E-state index contributed by atoms with van der Waals surface area (Å²) in [6.07, 6.45) is 0. The molecule has 1 unspecified atom stereocenters. The fraction of sp³-hybridized carbons (Fsp3) is 0.562. The lowest BCUT2D eigenvalue weighted by Crippen LogP contribution is -2.51. The van der Waals surface area contributed by atoms with Crippen molar-refractivity contribution in [1.82, 2.24) is 20.0 Å². The van der Waals surface area contributed by atoms with E-state index < -0.39 is 0 Å². The first-order valence-corrected chi connectivity index (χ1v) is 9.02. The molecule has 0 aromatic carbocycles. The number of rotatable bonds is 4. The second kappa shape index (κ2) is 7.31. The standard InChI is InChI=1S/C16H22N4O3S/c1-4-19(11(2)3)16(21)20-7-8-22-10-12(20)14-17-18-15(23-14)13-6-5-9-24-13/h5-6,9,11-12H,4,7-8,10H2,1-3H3. The third-order valence-corrected chi connectivity index (χ3v) is 4.90. The number of urea groups is 1. The number of hydrogen-bond acceptors (Lipinski definition) is 6. The lowest BCUT2D eigenvalue weighted by molar-refractivity contribution is -0.00714. The Labute approximate surface area is 145 Å². The van der Waals surface area contributed by atoms with Crippen LogP contribution in [0.3, 0.4) is 0 Å². The molecule has 0 N–H and O–H groups in total. The number of nitrogens with zero attached hydrogens (tertiary/aromatic N) is 4. The van der Waals surface area contributed by atoms with Gasteiger partial charge in [0.25, 0.3) is 5.89 Å². The summed E-state index contributed by atoms with van der Waals surface area (Å²) >= 11 is 1.54. The largest absolute Gasteiger partial charge is 0.418 e. The van der Waals surface area contributed by atoms with E-state index in [1.54, 1.807) is 4.90 Å². The van der Waals surface area contributed by atoms with Crippen LogP contribution in [0.1, 0.15) is 32.7 Å². The van der Waals surface area contributed by atoms with E-state index in [-0.39, 0.29) is 18.1 Å². The Hall–Kier alpha value is -1.93. The minimum Gasteiger partial charge on any atom is -0.418 e. The van der Waals surface area contributed by atoms with Gasteiger partial charge >= 0.3 is 6.03 Å². The van der Waals surface area contributed by atoms with Crippen molar-refractivity contribution in [1.29, 1.82) is 0 Å². The van der Waals surface area contributed by atoms with Crippen LogP contribution in [0, 0.1) is 0 Å². The Morgan fingerprint density at radius 2 is 2.33 bits per heavy atom. The highest BCUT2D eigenvalue weighted by atomic mass is 32.1. The Kier molecular flexibility index (Phi) is 5.15. The van der Waals surface area contributed by atoms with Crippen LogP contribution in [0.5, 0.6) is 0 Å². The van der Waals surface area contributed by atoms with Crippen LogP contribution in [0.4, 0.5) is 4.79 Å². The Balaban J connectivity index is 1.83. The fourth-order valence-electron chi connectivity index (χ4n) is 2.79. The summed E-state index contributed by atoms with van der Waals surface area (Å²) in [5, 5.41) is 10.2. The first-order valence-electron chi connectivity index (χ1n) is 8.14. The summed E-state index contributed by atoms with van der Waals surface area (Å²) in [5.41, 5.74) is 0. The second-order valence-corrected chi connectivity index (χ2v) is 6.82. The van der Waals surface area contributed by atoms with Gasteiger partial charge in [0.05, 0.1) is 18.1 Å². The van der Waals surface area contributed by atoms with Gasteiger partial charge in [-0.15, -0.1) is 21.5 Å². The number of ether oxygens (including phenoxy) is 1. The third kappa shape index (κ3) is 3.29. The van der Waals surface area contributed by atoms with Crippen LogP contribution >= 0.6 is 11.3 Å². The molecule has 1 aliphatic rings. The molecule has 1 aliphatic heterocycles. The van der Waals surface area contributed by atoms with Crippen molar-refractivity contribution in [3.8, 4) is 10.8 Å². The Morgan fingerprint density at radius 3 is 3.00 bits per heavy atom. The molecule has 0 saturated carbocycles. The van der Waals surface area contributed by atoms with E-state index in [1.165, 1.54) is 11.3 Å². The van der Waals surface area contributed by atoms with Crippen molar-refractivity contribution < 1.29 is 13.9 Å². The van der Waals surface area contributed by atoms with Gasteiger partial charge in [-0.25, -0.2) is 4.79 Å². The Morgan fingerprint density at radius 1 is 1.50 bits per heavy atom. The van der Waals surface area contributed by atoms with Crippen molar-refractivity contribution in [2.45, 2.75) is 32.9 Å². The molecule has 0 radical (unpaired) electrons. The van der Waals surface area contributed by atoms with Gasteiger partial charge in [0, 0.05) is 19.1 Å². The zero-order chi connectivity index (χ0) is 17.1. The van der Waals surface area contributed by atoms with E-state index >= 15 is 0 Å². The van der Waals surface area contributed by atoms with Crippen LogP contribution in [0.2, 0.25) is 0 Å². The maximum atomic E-state index is 12.9. The monoisotopic (exact) mass is 350 g/mol. The fourth-order valence-corrected chi connectivity index (χ4v) is 3.44. The average molecular weight is 350 g/mol. The molecule has 2 aromatic heterocycles. The first kappa shape index (κ1) is 16.9. The maximum Gasteiger partial charge on any atom is 0.321 e. The van der Waals surface area contributed by atoms with Crippen LogP contribution in [-0.2, 0) is 4.74 Å². The van der Waals surface area contributed by atoms with Crippen molar-refractivity contribution in [3.05, 3.63) is 23.4 Å². The molecular weight excluding hydrogens is 328 g/mol. The number of morpholine rings is 1. The van der Waals surface area contributed by atoms with E-state index in [0.29, 0.717) is 38.1 Å².